The SMILES string of the molecule is C=C(COC(=O)C=Cc1ccc(O)c(O)c1)C(O)COC1OC(CO)C(O)C(O)C1O. The van der Waals surface area contributed by atoms with Gasteiger partial charge in [0.25, 0.3) is 0 Å². The fraction of sp³-hybridized carbons (Fsp3) is 0.450. The van der Waals surface area contributed by atoms with Gasteiger partial charge in [0, 0.05) is 6.08 Å². The molecule has 11 heteroatoms. The lowest BCUT2D eigenvalue weighted by Crippen LogP contribution is -2.59. The van der Waals surface area contributed by atoms with Crippen LogP contribution in [0.15, 0.2) is 36.4 Å². The average molecular weight is 442 g/mol. The van der Waals surface area contributed by atoms with Gasteiger partial charge in [0.2, 0.25) is 0 Å². The summed E-state index contributed by atoms with van der Waals surface area (Å²) in [5.41, 5.74) is 0.521. The van der Waals surface area contributed by atoms with Gasteiger partial charge in [-0.05, 0) is 29.3 Å². The Morgan fingerprint density at radius 1 is 1.16 bits per heavy atom. The number of rotatable bonds is 9. The molecule has 31 heavy (non-hydrogen) atoms. The largest absolute Gasteiger partial charge is 0.504 e. The molecule has 0 aliphatic carbocycles. The zero-order valence-electron chi connectivity index (χ0n) is 16.4. The third-order valence-corrected chi connectivity index (χ3v) is 4.55. The van der Waals surface area contributed by atoms with Crippen molar-refractivity contribution in [1.82, 2.24) is 0 Å². The van der Waals surface area contributed by atoms with Gasteiger partial charge >= 0.3 is 5.97 Å². The summed E-state index contributed by atoms with van der Waals surface area (Å²) in [5.74, 6) is -1.39. The molecule has 1 aromatic carbocycles. The van der Waals surface area contributed by atoms with Crippen molar-refractivity contribution in [3.8, 4) is 11.5 Å². The summed E-state index contributed by atoms with van der Waals surface area (Å²) in [6, 6.07) is 3.98. The molecule has 1 saturated heterocycles. The number of phenols is 2. The molecule has 1 heterocycles. The molecule has 6 unspecified atom stereocenters. The Bertz CT molecular complexity index is 791. The summed E-state index contributed by atoms with van der Waals surface area (Å²) in [6.45, 7) is 2.19. The second-order valence-corrected chi connectivity index (χ2v) is 6.89. The van der Waals surface area contributed by atoms with Crippen molar-refractivity contribution in [2.45, 2.75) is 36.8 Å². The molecule has 1 fully saturated rings. The predicted molar refractivity (Wildman–Crippen MR) is 105 cm³/mol. The first-order valence-corrected chi connectivity index (χ1v) is 9.28. The highest BCUT2D eigenvalue weighted by molar-refractivity contribution is 5.87. The van der Waals surface area contributed by atoms with Crippen molar-refractivity contribution in [1.29, 1.82) is 0 Å². The molecule has 0 radical (unpaired) electrons. The van der Waals surface area contributed by atoms with Gasteiger partial charge in [0.15, 0.2) is 17.8 Å². The number of aliphatic hydroxyl groups is 5. The van der Waals surface area contributed by atoms with E-state index in [0.29, 0.717) is 5.56 Å². The number of carbonyl (C=O) groups excluding carboxylic acids is 1. The van der Waals surface area contributed by atoms with Gasteiger partial charge in [-0.3, -0.25) is 0 Å². The number of benzene rings is 1. The lowest BCUT2D eigenvalue weighted by atomic mass is 9.99. The lowest BCUT2D eigenvalue weighted by Gasteiger charge is -2.39. The van der Waals surface area contributed by atoms with Gasteiger partial charge in [0.1, 0.15) is 37.1 Å². The van der Waals surface area contributed by atoms with Gasteiger partial charge in [-0.1, -0.05) is 12.6 Å². The van der Waals surface area contributed by atoms with Gasteiger partial charge in [-0.25, -0.2) is 4.79 Å². The number of aromatic hydroxyl groups is 2. The van der Waals surface area contributed by atoms with Crippen molar-refractivity contribution in [3.63, 3.8) is 0 Å². The van der Waals surface area contributed by atoms with E-state index in [1.165, 1.54) is 24.3 Å². The van der Waals surface area contributed by atoms with Gasteiger partial charge in [0.05, 0.1) is 13.2 Å². The second-order valence-electron chi connectivity index (χ2n) is 6.89. The lowest BCUT2D eigenvalue weighted by molar-refractivity contribution is -0.303. The summed E-state index contributed by atoms with van der Waals surface area (Å²) in [7, 11) is 0. The molecular formula is C20H26O11. The van der Waals surface area contributed by atoms with Crippen LogP contribution in [0.3, 0.4) is 0 Å². The molecule has 7 N–H and O–H groups in total. The summed E-state index contributed by atoms with van der Waals surface area (Å²) in [6.07, 6.45) is -6.19. The van der Waals surface area contributed by atoms with Gasteiger partial charge in [-0.15, -0.1) is 0 Å². The first-order valence-electron chi connectivity index (χ1n) is 9.28. The topological polar surface area (TPSA) is 186 Å². The smallest absolute Gasteiger partial charge is 0.331 e. The van der Waals surface area contributed by atoms with Crippen LogP contribution in [0.1, 0.15) is 5.56 Å². The zero-order chi connectivity index (χ0) is 23.1. The van der Waals surface area contributed by atoms with Gasteiger partial charge in [-0.2, -0.15) is 0 Å². The highest BCUT2D eigenvalue weighted by Gasteiger charge is 2.44. The molecule has 2 rings (SSSR count). The van der Waals surface area contributed by atoms with E-state index in [0.717, 1.165) is 6.08 Å². The maximum Gasteiger partial charge on any atom is 0.331 e. The van der Waals surface area contributed by atoms with Crippen LogP contribution in [0.5, 0.6) is 11.5 Å². The van der Waals surface area contributed by atoms with Crippen molar-refractivity contribution in [3.05, 3.63) is 42.0 Å². The van der Waals surface area contributed by atoms with Crippen LogP contribution in [-0.2, 0) is 19.0 Å². The molecule has 0 saturated carbocycles. The van der Waals surface area contributed by atoms with Crippen molar-refractivity contribution in [2.75, 3.05) is 19.8 Å². The molecule has 0 bridgehead atoms. The minimum Gasteiger partial charge on any atom is -0.504 e. The molecule has 1 aliphatic heterocycles. The van der Waals surface area contributed by atoms with Crippen molar-refractivity contribution >= 4 is 12.0 Å². The maximum atomic E-state index is 11.8. The number of hydrogen-bond acceptors (Lipinski definition) is 11. The number of ether oxygens (including phenoxy) is 3. The zero-order valence-corrected chi connectivity index (χ0v) is 16.4. The van der Waals surface area contributed by atoms with E-state index in [9.17, 15) is 35.4 Å². The maximum absolute atomic E-state index is 11.8. The van der Waals surface area contributed by atoms with Crippen LogP contribution in [0.4, 0.5) is 0 Å². The van der Waals surface area contributed by atoms with Crippen LogP contribution in [0.25, 0.3) is 6.08 Å². The standard InChI is InChI=1S/C20H26O11/c1-10(8-29-16(25)5-3-11-2-4-12(22)13(23)6-11)14(24)9-30-20-19(28)18(27)17(26)15(7-21)31-20/h2-6,14-15,17-24,26-28H,1,7-9H2. The van der Waals surface area contributed by atoms with E-state index >= 15 is 0 Å². The Kier molecular flexibility index (Phi) is 8.95. The molecule has 0 aromatic heterocycles. The Labute approximate surface area is 177 Å². The normalized spacial score (nSPS) is 27.2. The third-order valence-electron chi connectivity index (χ3n) is 4.55. The quantitative estimate of drug-likeness (QED) is 0.101. The molecule has 0 amide bonds. The molecule has 6 atom stereocenters. The summed E-state index contributed by atoms with van der Waals surface area (Å²) in [4.78, 5) is 11.8. The monoisotopic (exact) mass is 442 g/mol. The fourth-order valence-corrected chi connectivity index (χ4v) is 2.63. The van der Waals surface area contributed by atoms with E-state index in [1.54, 1.807) is 0 Å². The van der Waals surface area contributed by atoms with Crippen molar-refractivity contribution < 1.29 is 54.8 Å². The van der Waals surface area contributed by atoms with E-state index in [4.69, 9.17) is 19.3 Å². The number of carbonyl (C=O) groups is 1. The summed E-state index contributed by atoms with van der Waals surface area (Å²) < 4.78 is 15.3. The highest BCUT2D eigenvalue weighted by Crippen LogP contribution is 2.25. The van der Waals surface area contributed by atoms with E-state index in [-0.39, 0.29) is 23.7 Å². The van der Waals surface area contributed by atoms with Crippen LogP contribution in [0.2, 0.25) is 0 Å². The van der Waals surface area contributed by atoms with Crippen molar-refractivity contribution in [2.24, 2.45) is 0 Å². The number of hydrogen-bond donors (Lipinski definition) is 7. The van der Waals surface area contributed by atoms with E-state index < -0.39 is 56.0 Å². The van der Waals surface area contributed by atoms with Crippen LogP contribution < -0.4 is 0 Å². The Balaban J connectivity index is 1.78. The van der Waals surface area contributed by atoms with Crippen LogP contribution in [0, 0.1) is 0 Å². The first kappa shape index (κ1) is 24.8. The molecule has 0 spiro atoms. The molecule has 11 nitrogen and oxygen atoms in total. The van der Waals surface area contributed by atoms with Crippen LogP contribution >= 0.6 is 0 Å². The minimum absolute atomic E-state index is 0.0774. The number of phenolic OH excluding ortho intramolecular Hbond substituents is 2. The Morgan fingerprint density at radius 3 is 2.52 bits per heavy atom. The fourth-order valence-electron chi connectivity index (χ4n) is 2.63. The number of aliphatic hydroxyl groups excluding tert-OH is 5. The molecule has 1 aromatic rings. The summed E-state index contributed by atoms with van der Waals surface area (Å²) >= 11 is 0. The summed E-state index contributed by atoms with van der Waals surface area (Å²) in [5, 5.41) is 67.2. The highest BCUT2D eigenvalue weighted by atomic mass is 16.7. The molecule has 1 aliphatic rings. The van der Waals surface area contributed by atoms with Gasteiger partial charge < -0.3 is 50.0 Å². The molecule has 172 valence electrons. The van der Waals surface area contributed by atoms with E-state index in [1.807, 2.05) is 0 Å². The first-order chi connectivity index (χ1) is 14.6. The minimum atomic E-state index is -1.61. The Morgan fingerprint density at radius 2 is 1.87 bits per heavy atom. The average Bonchev–Trinajstić information content (AvgIpc) is 2.75. The molecular weight excluding hydrogens is 416 g/mol. The van der Waals surface area contributed by atoms with Crippen LogP contribution in [-0.4, -0.2) is 98.3 Å². The Hall–Kier alpha value is -2.51. The second kappa shape index (κ2) is 11.2. The predicted octanol–water partition coefficient (Wildman–Crippen LogP) is -1.61. The van der Waals surface area contributed by atoms with E-state index in [2.05, 4.69) is 6.58 Å². The third kappa shape index (κ3) is 6.74. The number of esters is 1.